The topological polar surface area (TPSA) is 122 Å². The van der Waals surface area contributed by atoms with Crippen LogP contribution in [0.15, 0.2) is 18.2 Å². The van der Waals surface area contributed by atoms with E-state index >= 15 is 0 Å². The van der Waals surface area contributed by atoms with Crippen molar-refractivity contribution in [3.63, 3.8) is 0 Å². The molecule has 150 valence electrons. The maximum absolute atomic E-state index is 11.3. The van der Waals surface area contributed by atoms with E-state index in [-0.39, 0.29) is 11.4 Å². The molecule has 1 fully saturated rings. The molecule has 1 heterocycles. The van der Waals surface area contributed by atoms with Gasteiger partial charge in [0.05, 0.1) is 28.6 Å². The van der Waals surface area contributed by atoms with Crippen LogP contribution in [0.5, 0.6) is 0 Å². The van der Waals surface area contributed by atoms with Crippen LogP contribution in [-0.2, 0) is 4.74 Å². The molecule has 10 heteroatoms. The van der Waals surface area contributed by atoms with E-state index in [1.807, 2.05) is 4.90 Å². The van der Waals surface area contributed by atoms with E-state index in [2.05, 4.69) is 11.8 Å². The van der Waals surface area contributed by atoms with Gasteiger partial charge in [0.25, 0.3) is 11.4 Å². The first kappa shape index (κ1) is 21.0. The Kier molecular flexibility index (Phi) is 7.89. The standard InChI is InChI=1S/C17H26N4O6/c1-2-3-10-27-13-15(22)12-18-6-8-19(9-7-18)16-5-4-14(20(23)24)11-17(16)21(25)26/h4-5,11,15,22H,2-3,6-10,12-13H2,1H3. The third-order valence-corrected chi connectivity index (χ3v) is 4.50. The first-order chi connectivity index (χ1) is 12.9. The van der Waals surface area contributed by atoms with Gasteiger partial charge in [-0.05, 0) is 12.5 Å². The summed E-state index contributed by atoms with van der Waals surface area (Å²) in [5.74, 6) is 0. The van der Waals surface area contributed by atoms with Crippen LogP contribution < -0.4 is 4.90 Å². The molecule has 0 bridgehead atoms. The fourth-order valence-electron chi connectivity index (χ4n) is 3.03. The largest absolute Gasteiger partial charge is 0.389 e. The molecule has 2 rings (SSSR count). The van der Waals surface area contributed by atoms with Crippen molar-refractivity contribution in [2.75, 3.05) is 50.8 Å². The van der Waals surface area contributed by atoms with Gasteiger partial charge in [-0.1, -0.05) is 13.3 Å². The molecule has 1 aromatic rings. The first-order valence-corrected chi connectivity index (χ1v) is 9.08. The highest BCUT2D eigenvalue weighted by atomic mass is 16.6. The third-order valence-electron chi connectivity index (χ3n) is 4.50. The molecular weight excluding hydrogens is 356 g/mol. The number of aliphatic hydroxyl groups is 1. The molecule has 1 aromatic carbocycles. The van der Waals surface area contributed by atoms with Crippen molar-refractivity contribution in [1.82, 2.24) is 4.90 Å². The summed E-state index contributed by atoms with van der Waals surface area (Å²) in [7, 11) is 0. The second-order valence-corrected chi connectivity index (χ2v) is 6.56. The Morgan fingerprint density at radius 3 is 2.48 bits per heavy atom. The summed E-state index contributed by atoms with van der Waals surface area (Å²) in [5, 5.41) is 32.2. The number of nitro benzene ring substituents is 2. The minimum absolute atomic E-state index is 0.262. The molecule has 0 aliphatic carbocycles. The number of rotatable bonds is 10. The maximum atomic E-state index is 11.3. The summed E-state index contributed by atoms with van der Waals surface area (Å²) in [6.45, 7) is 5.88. The molecule has 0 radical (unpaired) electrons. The minimum Gasteiger partial charge on any atom is -0.389 e. The van der Waals surface area contributed by atoms with Gasteiger partial charge in [0.15, 0.2) is 0 Å². The Labute approximate surface area is 157 Å². The van der Waals surface area contributed by atoms with Gasteiger partial charge in [-0.25, -0.2) is 0 Å². The van der Waals surface area contributed by atoms with E-state index in [1.54, 1.807) is 0 Å². The molecule has 1 aliphatic rings. The van der Waals surface area contributed by atoms with Crippen LogP contribution in [0.2, 0.25) is 0 Å². The van der Waals surface area contributed by atoms with Gasteiger partial charge in [-0.2, -0.15) is 0 Å². The summed E-state index contributed by atoms with van der Waals surface area (Å²) in [6.07, 6.45) is 1.45. The highest BCUT2D eigenvalue weighted by Crippen LogP contribution is 2.32. The second-order valence-electron chi connectivity index (χ2n) is 6.56. The van der Waals surface area contributed by atoms with Gasteiger partial charge in [0.2, 0.25) is 0 Å². The Morgan fingerprint density at radius 1 is 1.19 bits per heavy atom. The van der Waals surface area contributed by atoms with Crippen LogP contribution in [0.3, 0.4) is 0 Å². The summed E-state index contributed by atoms with van der Waals surface area (Å²) in [5.41, 5.74) is -0.175. The molecule has 1 atom stereocenters. The molecule has 10 nitrogen and oxygen atoms in total. The lowest BCUT2D eigenvalue weighted by Crippen LogP contribution is -2.49. The Balaban J connectivity index is 1.90. The van der Waals surface area contributed by atoms with Gasteiger partial charge in [0, 0.05) is 45.4 Å². The molecular formula is C17H26N4O6. The zero-order valence-electron chi connectivity index (χ0n) is 15.5. The van der Waals surface area contributed by atoms with Crippen LogP contribution >= 0.6 is 0 Å². The average molecular weight is 382 g/mol. The molecule has 1 saturated heterocycles. The summed E-state index contributed by atoms with van der Waals surface area (Å²) in [4.78, 5) is 24.8. The maximum Gasteiger partial charge on any atom is 0.299 e. The predicted molar refractivity (Wildman–Crippen MR) is 100 cm³/mol. The lowest BCUT2D eigenvalue weighted by Gasteiger charge is -2.36. The molecule has 0 spiro atoms. The number of hydrogen-bond donors (Lipinski definition) is 1. The van der Waals surface area contributed by atoms with Gasteiger partial charge in [0.1, 0.15) is 5.69 Å². The van der Waals surface area contributed by atoms with E-state index in [0.29, 0.717) is 51.6 Å². The molecule has 1 aliphatic heterocycles. The number of anilines is 1. The Hall–Kier alpha value is -2.30. The van der Waals surface area contributed by atoms with E-state index < -0.39 is 16.0 Å². The Bertz CT molecular complexity index is 648. The number of hydrogen-bond acceptors (Lipinski definition) is 8. The van der Waals surface area contributed by atoms with Crippen molar-refractivity contribution in [2.45, 2.75) is 25.9 Å². The van der Waals surface area contributed by atoms with Crippen molar-refractivity contribution in [3.05, 3.63) is 38.4 Å². The SMILES string of the molecule is CCCCOCC(O)CN1CCN(c2ccc([N+](=O)[O-])cc2[N+](=O)[O-])CC1. The van der Waals surface area contributed by atoms with Crippen LogP contribution in [0, 0.1) is 20.2 Å². The molecule has 0 amide bonds. The van der Waals surface area contributed by atoms with Crippen molar-refractivity contribution in [2.24, 2.45) is 0 Å². The fourth-order valence-corrected chi connectivity index (χ4v) is 3.03. The van der Waals surface area contributed by atoms with E-state index in [1.165, 1.54) is 12.1 Å². The van der Waals surface area contributed by atoms with Gasteiger partial charge in [-0.3, -0.25) is 25.1 Å². The van der Waals surface area contributed by atoms with Gasteiger partial charge in [-0.15, -0.1) is 0 Å². The van der Waals surface area contributed by atoms with Crippen LogP contribution in [0.1, 0.15) is 19.8 Å². The number of unbranched alkanes of at least 4 members (excludes halogenated alkanes) is 1. The monoisotopic (exact) mass is 382 g/mol. The van der Waals surface area contributed by atoms with Crippen molar-refractivity contribution < 1.29 is 19.7 Å². The van der Waals surface area contributed by atoms with Crippen molar-refractivity contribution in [3.8, 4) is 0 Å². The van der Waals surface area contributed by atoms with Gasteiger partial charge >= 0.3 is 0 Å². The highest BCUT2D eigenvalue weighted by molar-refractivity contribution is 5.67. The molecule has 0 saturated carbocycles. The third kappa shape index (κ3) is 6.12. The molecule has 1 unspecified atom stereocenters. The second kappa shape index (κ2) is 10.1. The number of nitro groups is 2. The number of β-amino-alcohol motifs (C(OH)–C–C–N with tert-alkyl or cyclic N) is 1. The van der Waals surface area contributed by atoms with Gasteiger partial charge < -0.3 is 14.7 Å². The highest BCUT2D eigenvalue weighted by Gasteiger charge is 2.26. The minimum atomic E-state index is -0.640. The zero-order chi connectivity index (χ0) is 19.8. The summed E-state index contributed by atoms with van der Waals surface area (Å²) < 4.78 is 5.42. The predicted octanol–water partition coefficient (Wildman–Crippen LogP) is 1.80. The summed E-state index contributed by atoms with van der Waals surface area (Å²) in [6, 6.07) is 3.72. The number of benzene rings is 1. The van der Waals surface area contributed by atoms with Crippen molar-refractivity contribution in [1.29, 1.82) is 0 Å². The van der Waals surface area contributed by atoms with Crippen LogP contribution in [0.25, 0.3) is 0 Å². The quantitative estimate of drug-likeness (QED) is 0.369. The lowest BCUT2D eigenvalue weighted by atomic mass is 10.2. The lowest BCUT2D eigenvalue weighted by molar-refractivity contribution is -0.393. The normalized spacial score (nSPS) is 16.3. The van der Waals surface area contributed by atoms with Crippen molar-refractivity contribution >= 4 is 17.1 Å². The molecule has 27 heavy (non-hydrogen) atoms. The Morgan fingerprint density at radius 2 is 1.89 bits per heavy atom. The average Bonchev–Trinajstić information content (AvgIpc) is 2.65. The zero-order valence-corrected chi connectivity index (χ0v) is 15.5. The summed E-state index contributed by atoms with van der Waals surface area (Å²) >= 11 is 0. The number of nitrogens with zero attached hydrogens (tertiary/aromatic N) is 4. The number of ether oxygens (including phenoxy) is 1. The first-order valence-electron chi connectivity index (χ1n) is 9.08. The molecule has 0 aromatic heterocycles. The van der Waals surface area contributed by atoms with E-state index in [0.717, 1.165) is 18.9 Å². The number of non-ortho nitro benzene ring substituents is 1. The van der Waals surface area contributed by atoms with Crippen LogP contribution in [-0.4, -0.2) is 71.9 Å². The smallest absolute Gasteiger partial charge is 0.299 e. The van der Waals surface area contributed by atoms with E-state index in [9.17, 15) is 25.3 Å². The fraction of sp³-hybridized carbons (Fsp3) is 0.647. The number of piperazine rings is 1. The molecule has 1 N–H and O–H groups in total. The van der Waals surface area contributed by atoms with E-state index in [4.69, 9.17) is 4.74 Å². The number of aliphatic hydroxyl groups excluding tert-OH is 1. The van der Waals surface area contributed by atoms with Crippen LogP contribution in [0.4, 0.5) is 17.1 Å².